The SMILES string of the molecule is C#CCCC(c1cccc(C(=O)N[C@H]2CC(C)(C)Oc3ccccc32)c1)N1C(=O)C[C@@](C#C)(C(C)C)N=C1N. The van der Waals surface area contributed by atoms with Crippen molar-refractivity contribution in [1.29, 1.82) is 0 Å². The van der Waals surface area contributed by atoms with Crippen molar-refractivity contribution in [2.45, 2.75) is 76.6 Å². The third-order valence-electron chi connectivity index (χ3n) is 7.54. The van der Waals surface area contributed by atoms with Crippen molar-refractivity contribution in [1.82, 2.24) is 10.2 Å². The number of nitrogens with two attached hydrogens (primary N) is 1. The normalized spacial score (nSPS) is 22.5. The number of carbonyl (C=O) groups excluding carboxylic acids is 2. The van der Waals surface area contributed by atoms with E-state index in [-0.39, 0.29) is 36.2 Å². The first-order valence-electron chi connectivity index (χ1n) is 13.3. The predicted molar refractivity (Wildman–Crippen MR) is 153 cm³/mol. The highest BCUT2D eigenvalue weighted by atomic mass is 16.5. The van der Waals surface area contributed by atoms with Crippen LogP contribution in [0.4, 0.5) is 0 Å². The molecule has 0 spiro atoms. The molecule has 2 aliphatic heterocycles. The van der Waals surface area contributed by atoms with Gasteiger partial charge in [-0.25, -0.2) is 4.99 Å². The Hall–Kier alpha value is -4.23. The molecule has 2 amide bonds. The average molecular weight is 525 g/mol. The molecule has 3 N–H and O–H groups in total. The van der Waals surface area contributed by atoms with E-state index in [0.717, 1.165) is 16.9 Å². The summed E-state index contributed by atoms with van der Waals surface area (Å²) in [4.78, 5) is 33.0. The minimum Gasteiger partial charge on any atom is -0.487 e. The minimum atomic E-state index is -0.982. The first-order valence-corrected chi connectivity index (χ1v) is 13.3. The molecule has 4 rings (SSSR count). The highest BCUT2D eigenvalue weighted by Crippen LogP contribution is 2.40. The Balaban J connectivity index is 1.64. The molecule has 0 saturated carbocycles. The maximum atomic E-state index is 13.5. The molecule has 0 fully saturated rings. The summed E-state index contributed by atoms with van der Waals surface area (Å²) in [7, 11) is 0. The van der Waals surface area contributed by atoms with Gasteiger partial charge in [0, 0.05) is 24.0 Å². The fourth-order valence-corrected chi connectivity index (χ4v) is 5.38. The number of nitrogens with one attached hydrogen (secondary N) is 1. The zero-order valence-electron chi connectivity index (χ0n) is 23.0. The zero-order valence-corrected chi connectivity index (χ0v) is 23.0. The molecule has 2 aromatic rings. The number of fused-ring (bicyclic) bond motifs is 1. The number of terminal acetylenes is 2. The van der Waals surface area contributed by atoms with E-state index < -0.39 is 17.2 Å². The Morgan fingerprint density at radius 3 is 2.64 bits per heavy atom. The van der Waals surface area contributed by atoms with Crippen LogP contribution in [0.3, 0.4) is 0 Å². The first-order chi connectivity index (χ1) is 18.5. The fraction of sp³-hybridized carbons (Fsp3) is 0.406. The number of carbonyl (C=O) groups is 2. The van der Waals surface area contributed by atoms with Crippen molar-refractivity contribution in [2.75, 3.05) is 0 Å². The van der Waals surface area contributed by atoms with Gasteiger partial charge in [0.1, 0.15) is 16.9 Å². The van der Waals surface area contributed by atoms with Crippen LogP contribution < -0.4 is 15.8 Å². The molecule has 0 saturated heterocycles. The largest absolute Gasteiger partial charge is 0.487 e. The summed E-state index contributed by atoms with van der Waals surface area (Å²) in [5.74, 6) is 5.67. The molecular formula is C32H36N4O3. The topological polar surface area (TPSA) is 97.0 Å². The van der Waals surface area contributed by atoms with Crippen LogP contribution in [0.1, 0.15) is 86.9 Å². The fourth-order valence-electron chi connectivity index (χ4n) is 5.38. The molecule has 2 aromatic carbocycles. The molecule has 0 aliphatic carbocycles. The van der Waals surface area contributed by atoms with E-state index in [0.29, 0.717) is 24.8 Å². The predicted octanol–water partition coefficient (Wildman–Crippen LogP) is 4.75. The maximum absolute atomic E-state index is 13.5. The zero-order chi connectivity index (χ0) is 28.4. The number of nitrogens with zero attached hydrogens (tertiary/aromatic N) is 2. The van der Waals surface area contributed by atoms with Crippen LogP contribution >= 0.6 is 0 Å². The van der Waals surface area contributed by atoms with Gasteiger partial charge in [-0.3, -0.25) is 14.5 Å². The lowest BCUT2D eigenvalue weighted by molar-refractivity contribution is -0.131. The third kappa shape index (κ3) is 5.64. The third-order valence-corrected chi connectivity index (χ3v) is 7.54. The second kappa shape index (κ2) is 10.9. The number of hydrogen-bond donors (Lipinski definition) is 2. The van der Waals surface area contributed by atoms with E-state index in [9.17, 15) is 9.59 Å². The van der Waals surface area contributed by atoms with Gasteiger partial charge in [0.05, 0.1) is 18.5 Å². The average Bonchev–Trinajstić information content (AvgIpc) is 2.89. The van der Waals surface area contributed by atoms with Crippen molar-refractivity contribution in [3.63, 3.8) is 0 Å². The first kappa shape index (κ1) is 27.8. The van der Waals surface area contributed by atoms with Gasteiger partial charge in [-0.1, -0.05) is 50.1 Å². The van der Waals surface area contributed by atoms with E-state index in [1.165, 1.54) is 4.90 Å². The monoisotopic (exact) mass is 524 g/mol. The molecule has 0 radical (unpaired) electrons. The van der Waals surface area contributed by atoms with E-state index in [4.69, 9.17) is 23.3 Å². The molecular weight excluding hydrogens is 488 g/mol. The Bertz CT molecular complexity index is 1380. The highest BCUT2D eigenvalue weighted by molar-refractivity contribution is 6.00. The smallest absolute Gasteiger partial charge is 0.251 e. The number of amides is 2. The van der Waals surface area contributed by atoms with Gasteiger partial charge in [0.25, 0.3) is 5.91 Å². The molecule has 2 heterocycles. The lowest BCUT2D eigenvalue weighted by Crippen LogP contribution is -2.54. The number of para-hydroxylation sites is 1. The van der Waals surface area contributed by atoms with Crippen LogP contribution in [0.15, 0.2) is 53.5 Å². The van der Waals surface area contributed by atoms with Crippen LogP contribution in [0.25, 0.3) is 0 Å². The summed E-state index contributed by atoms with van der Waals surface area (Å²) in [6.45, 7) is 7.87. The van der Waals surface area contributed by atoms with Crippen molar-refractivity contribution >= 4 is 17.8 Å². The standard InChI is InChI=1S/C32H36N4O3/c1-7-9-16-26(36-28(37)20-32(8-2,21(3)4)35-30(36)33)22-13-12-14-23(18-22)29(38)34-25-19-31(5,6)39-27-17-11-10-15-24(25)27/h1-2,10-15,17-18,21,25-26H,9,16,19-20H2,3-6H3,(H2,33,35)(H,34,38)/t25-,26?,32-/m0/s1. The Morgan fingerprint density at radius 2 is 1.97 bits per heavy atom. The van der Waals surface area contributed by atoms with Gasteiger partial charge in [-0.15, -0.1) is 18.8 Å². The van der Waals surface area contributed by atoms with Gasteiger partial charge in [0.15, 0.2) is 5.96 Å². The minimum absolute atomic E-state index is 0.0491. The van der Waals surface area contributed by atoms with E-state index in [1.807, 2.05) is 58.0 Å². The van der Waals surface area contributed by atoms with Crippen LogP contribution in [0, 0.1) is 30.6 Å². The van der Waals surface area contributed by atoms with Gasteiger partial charge >= 0.3 is 0 Å². The molecule has 7 heteroatoms. The maximum Gasteiger partial charge on any atom is 0.251 e. The van der Waals surface area contributed by atoms with Crippen molar-refractivity contribution in [2.24, 2.45) is 16.6 Å². The molecule has 7 nitrogen and oxygen atoms in total. The van der Waals surface area contributed by atoms with Crippen LogP contribution in [-0.2, 0) is 4.79 Å². The van der Waals surface area contributed by atoms with Crippen LogP contribution in [0.2, 0.25) is 0 Å². The summed E-state index contributed by atoms with van der Waals surface area (Å²) in [5, 5.41) is 3.18. The molecule has 2 aliphatic rings. The number of hydrogen-bond acceptors (Lipinski definition) is 5. The van der Waals surface area contributed by atoms with Crippen molar-refractivity contribution in [3.8, 4) is 30.4 Å². The van der Waals surface area contributed by atoms with E-state index in [1.54, 1.807) is 18.2 Å². The van der Waals surface area contributed by atoms with Crippen LogP contribution in [-0.4, -0.2) is 33.8 Å². The Kier molecular flexibility index (Phi) is 7.74. The van der Waals surface area contributed by atoms with Gasteiger partial charge in [-0.05, 0) is 49.9 Å². The van der Waals surface area contributed by atoms with Crippen molar-refractivity contribution < 1.29 is 14.3 Å². The van der Waals surface area contributed by atoms with Gasteiger partial charge < -0.3 is 15.8 Å². The molecule has 1 unspecified atom stereocenters. The van der Waals surface area contributed by atoms with E-state index in [2.05, 4.69) is 22.2 Å². The summed E-state index contributed by atoms with van der Waals surface area (Å²) < 4.78 is 6.11. The van der Waals surface area contributed by atoms with Crippen LogP contribution in [0.5, 0.6) is 5.75 Å². The van der Waals surface area contributed by atoms with Crippen molar-refractivity contribution in [3.05, 3.63) is 65.2 Å². The lowest BCUT2D eigenvalue weighted by Gasteiger charge is -2.40. The molecule has 0 aromatic heterocycles. The lowest BCUT2D eigenvalue weighted by atomic mass is 9.82. The number of aliphatic imine (C=N–C) groups is 1. The second-order valence-electron chi connectivity index (χ2n) is 11.1. The second-order valence-corrected chi connectivity index (χ2v) is 11.1. The molecule has 39 heavy (non-hydrogen) atoms. The number of guanidine groups is 1. The van der Waals surface area contributed by atoms with Gasteiger partial charge in [-0.2, -0.15) is 0 Å². The summed E-state index contributed by atoms with van der Waals surface area (Å²) >= 11 is 0. The molecule has 0 bridgehead atoms. The Morgan fingerprint density at radius 1 is 1.23 bits per heavy atom. The summed E-state index contributed by atoms with van der Waals surface area (Å²) in [6, 6.07) is 14.3. The quantitative estimate of drug-likeness (QED) is 0.511. The molecule has 3 atom stereocenters. The number of ether oxygens (including phenoxy) is 1. The number of benzene rings is 2. The Labute approximate surface area is 231 Å². The summed E-state index contributed by atoms with van der Waals surface area (Å²) in [6.07, 6.45) is 12.9. The summed E-state index contributed by atoms with van der Waals surface area (Å²) in [5.41, 5.74) is 7.13. The van der Waals surface area contributed by atoms with E-state index >= 15 is 0 Å². The molecule has 202 valence electrons. The number of rotatable bonds is 7. The van der Waals surface area contributed by atoms with Gasteiger partial charge in [0.2, 0.25) is 5.91 Å². The highest BCUT2D eigenvalue weighted by Gasteiger charge is 2.43.